The highest BCUT2D eigenvalue weighted by Gasteiger charge is 2.23. The highest BCUT2D eigenvalue weighted by Crippen LogP contribution is 2.30. The summed E-state index contributed by atoms with van der Waals surface area (Å²) in [5, 5.41) is 3.18. The van der Waals surface area contributed by atoms with Crippen LogP contribution >= 0.6 is 12.8 Å². The molecule has 2 aromatic carbocycles. The average molecular weight is 441 g/mol. The molecule has 0 radical (unpaired) electrons. The van der Waals surface area contributed by atoms with Crippen LogP contribution in [0.25, 0.3) is 0 Å². The Balaban J connectivity index is 1.84. The third kappa shape index (κ3) is 6.50. The molecule has 166 valence electrons. The Hall–Kier alpha value is -2.47. The van der Waals surface area contributed by atoms with E-state index in [1.165, 1.54) is 57.5 Å². The van der Waals surface area contributed by atoms with Gasteiger partial charge in [-0.25, -0.2) is 4.79 Å². The maximum atomic E-state index is 12.9. The smallest absolute Gasteiger partial charge is 0.327 e. The molecule has 0 aromatic heterocycles. The van der Waals surface area contributed by atoms with Gasteiger partial charge in [-0.15, -0.1) is 0 Å². The van der Waals surface area contributed by atoms with Crippen molar-refractivity contribution in [1.29, 1.82) is 0 Å². The minimum Gasteiger partial charge on any atom is -0.464 e. The lowest BCUT2D eigenvalue weighted by atomic mass is 9.84. The van der Waals surface area contributed by atoms with Crippen LogP contribution < -0.4 is 5.32 Å². The summed E-state index contributed by atoms with van der Waals surface area (Å²) in [6.07, 6.45) is 5.23. The summed E-state index contributed by atoms with van der Waals surface area (Å²) < 4.78 is 6.21. The minimum atomic E-state index is -0.370. The Bertz CT molecular complexity index is 924. The van der Waals surface area contributed by atoms with Crippen LogP contribution in [0.2, 0.25) is 0 Å². The summed E-state index contributed by atoms with van der Waals surface area (Å²) in [5.41, 5.74) is 7.57. The summed E-state index contributed by atoms with van der Waals surface area (Å²) in [4.78, 5) is 23.9. The molecule has 0 aliphatic heterocycles. The predicted octanol–water partition coefficient (Wildman–Crippen LogP) is 4.89. The van der Waals surface area contributed by atoms with E-state index in [9.17, 15) is 9.59 Å². The lowest BCUT2D eigenvalue weighted by Crippen LogP contribution is -2.39. The van der Waals surface area contributed by atoms with Crippen molar-refractivity contribution in [2.45, 2.75) is 58.9 Å². The number of nitrogens with one attached hydrogen (secondary N) is 1. The van der Waals surface area contributed by atoms with Crippen LogP contribution in [0.15, 0.2) is 36.4 Å². The molecule has 3 rings (SSSR count). The number of carbonyl (C=O) groups is 2. The fraction of sp³-hybridized carbons (Fsp3) is 0.440. The van der Waals surface area contributed by atoms with Crippen LogP contribution in [0.4, 0.5) is 4.79 Å². The number of rotatable bonds is 7. The van der Waals surface area contributed by atoms with Crippen LogP contribution in [0, 0.1) is 13.8 Å². The van der Waals surface area contributed by atoms with E-state index in [-0.39, 0.29) is 31.2 Å². The van der Waals surface area contributed by atoms with Crippen LogP contribution in [0.5, 0.6) is 0 Å². The van der Waals surface area contributed by atoms with Gasteiger partial charge < -0.3 is 10.1 Å². The second-order valence-corrected chi connectivity index (χ2v) is 8.84. The van der Waals surface area contributed by atoms with Gasteiger partial charge in [0.25, 0.3) is 0 Å². The van der Waals surface area contributed by atoms with Crippen molar-refractivity contribution in [2.75, 3.05) is 13.2 Å². The van der Waals surface area contributed by atoms with E-state index in [4.69, 9.17) is 4.74 Å². The first-order chi connectivity index (χ1) is 14.8. The predicted molar refractivity (Wildman–Crippen MR) is 126 cm³/mol. The van der Waals surface area contributed by atoms with Crippen LogP contribution in [0.1, 0.15) is 59.2 Å². The second kappa shape index (κ2) is 10.7. The molecule has 1 atom stereocenters. The number of ether oxygens (including phenoxy) is 1. The quantitative estimate of drug-likeness (QED) is 0.476. The number of esters is 1. The van der Waals surface area contributed by atoms with Crippen molar-refractivity contribution in [3.63, 3.8) is 0 Å². The number of benzene rings is 2. The van der Waals surface area contributed by atoms with Gasteiger partial charge in [-0.2, -0.15) is 0 Å². The summed E-state index contributed by atoms with van der Waals surface area (Å²) in [7, 11) is 0. The first-order valence-corrected chi connectivity index (χ1v) is 11.3. The Labute approximate surface area is 190 Å². The Morgan fingerprint density at radius 2 is 1.84 bits per heavy atom. The van der Waals surface area contributed by atoms with Crippen molar-refractivity contribution in [3.05, 3.63) is 69.8 Å². The minimum absolute atomic E-state index is 0.120. The Morgan fingerprint density at radius 1 is 1.13 bits per heavy atom. The van der Waals surface area contributed by atoms with E-state index < -0.39 is 0 Å². The molecule has 6 heteroatoms. The lowest BCUT2D eigenvalue weighted by Gasteiger charge is -2.28. The van der Waals surface area contributed by atoms with Gasteiger partial charge in [0.15, 0.2) is 0 Å². The number of nitrogens with zero attached hydrogens (tertiary/aromatic N) is 1. The van der Waals surface area contributed by atoms with Crippen molar-refractivity contribution < 1.29 is 14.3 Å². The van der Waals surface area contributed by atoms with E-state index in [1.54, 1.807) is 0 Å². The molecule has 2 amide bonds. The number of fused-ring (bicyclic) bond motifs is 1. The number of urea groups is 1. The number of hydrogen-bond acceptors (Lipinski definition) is 4. The van der Waals surface area contributed by atoms with Gasteiger partial charge in [-0.1, -0.05) is 60.3 Å². The highest BCUT2D eigenvalue weighted by molar-refractivity contribution is 7.78. The second-order valence-electron chi connectivity index (χ2n) is 8.36. The zero-order valence-electron chi connectivity index (χ0n) is 18.6. The largest absolute Gasteiger partial charge is 0.464 e. The highest BCUT2D eigenvalue weighted by atomic mass is 32.1. The molecule has 0 saturated carbocycles. The molecule has 0 spiro atoms. The van der Waals surface area contributed by atoms with Gasteiger partial charge in [0.2, 0.25) is 0 Å². The number of aryl methyl sites for hydroxylation is 3. The summed E-state index contributed by atoms with van der Waals surface area (Å²) in [6.45, 7) is 5.88. The SMILES string of the molecule is CC(=O)OCCN(S)C(=O)NC(Cc1cc(C)cc(C)c1)c1cccc2c1CCCC2. The van der Waals surface area contributed by atoms with Gasteiger partial charge in [-0.05, 0) is 68.2 Å². The van der Waals surface area contributed by atoms with E-state index in [0.717, 1.165) is 12.8 Å². The van der Waals surface area contributed by atoms with Gasteiger partial charge in [0.05, 0.1) is 12.6 Å². The van der Waals surface area contributed by atoms with Gasteiger partial charge in [0.1, 0.15) is 6.61 Å². The molecule has 0 bridgehead atoms. The van der Waals surface area contributed by atoms with Crippen LogP contribution in [-0.4, -0.2) is 29.5 Å². The van der Waals surface area contributed by atoms with Crippen molar-refractivity contribution in [1.82, 2.24) is 9.62 Å². The zero-order valence-corrected chi connectivity index (χ0v) is 19.5. The van der Waals surface area contributed by atoms with Gasteiger partial charge in [-0.3, -0.25) is 9.10 Å². The van der Waals surface area contributed by atoms with E-state index in [1.807, 2.05) is 0 Å². The molecule has 1 N–H and O–H groups in total. The van der Waals surface area contributed by atoms with E-state index >= 15 is 0 Å². The first kappa shape index (κ1) is 23.2. The van der Waals surface area contributed by atoms with Crippen molar-refractivity contribution >= 4 is 24.8 Å². The molecule has 1 aliphatic rings. The number of hydrogen-bond donors (Lipinski definition) is 2. The maximum Gasteiger partial charge on any atom is 0.327 e. The molecule has 31 heavy (non-hydrogen) atoms. The fourth-order valence-corrected chi connectivity index (χ4v) is 4.54. The summed E-state index contributed by atoms with van der Waals surface area (Å²) in [5.74, 6) is -0.370. The molecule has 1 unspecified atom stereocenters. The fourth-order valence-electron chi connectivity index (χ4n) is 4.40. The van der Waals surface area contributed by atoms with Gasteiger partial charge in [0, 0.05) is 6.92 Å². The normalized spacial score (nSPS) is 13.8. The zero-order chi connectivity index (χ0) is 22.4. The standard InChI is InChI=1S/C25H32N2O3S/c1-17-13-18(2)15-20(14-17)16-24(26-25(29)27(31)11-12-30-19(3)28)23-10-6-8-21-7-4-5-9-22(21)23/h6,8,10,13-15,24,31H,4-5,7,9,11-12,16H2,1-3H3,(H,26,29). The molecule has 0 heterocycles. The molecule has 0 saturated heterocycles. The maximum absolute atomic E-state index is 12.9. The topological polar surface area (TPSA) is 58.6 Å². The number of amides is 2. The van der Waals surface area contributed by atoms with Gasteiger partial charge >= 0.3 is 12.0 Å². The third-order valence-corrected chi connectivity index (χ3v) is 6.05. The molecular formula is C25H32N2O3S. The molecule has 2 aromatic rings. The van der Waals surface area contributed by atoms with E-state index in [2.05, 4.69) is 68.4 Å². The first-order valence-electron chi connectivity index (χ1n) is 10.9. The van der Waals surface area contributed by atoms with Crippen molar-refractivity contribution in [2.24, 2.45) is 0 Å². The molecular weight excluding hydrogens is 408 g/mol. The third-order valence-electron chi connectivity index (χ3n) is 5.67. The molecule has 0 fully saturated rings. The Morgan fingerprint density at radius 3 is 2.55 bits per heavy atom. The van der Waals surface area contributed by atoms with Crippen LogP contribution in [0.3, 0.4) is 0 Å². The molecule has 1 aliphatic carbocycles. The number of carbonyl (C=O) groups excluding carboxylic acids is 2. The lowest BCUT2D eigenvalue weighted by molar-refractivity contribution is -0.140. The van der Waals surface area contributed by atoms with E-state index in [0.29, 0.717) is 6.42 Å². The number of thiol groups is 1. The molecule has 5 nitrogen and oxygen atoms in total. The van der Waals surface area contributed by atoms with Crippen LogP contribution in [-0.2, 0) is 28.8 Å². The Kier molecular flexibility index (Phi) is 8.02. The monoisotopic (exact) mass is 440 g/mol. The summed E-state index contributed by atoms with van der Waals surface area (Å²) in [6, 6.07) is 12.5. The summed E-state index contributed by atoms with van der Waals surface area (Å²) >= 11 is 4.30. The average Bonchev–Trinajstić information content (AvgIpc) is 2.71. The van der Waals surface area contributed by atoms with Crippen molar-refractivity contribution in [3.8, 4) is 0 Å².